The quantitative estimate of drug-likeness (QED) is 0.302. The van der Waals surface area contributed by atoms with E-state index in [4.69, 9.17) is 13.2 Å². The summed E-state index contributed by atoms with van der Waals surface area (Å²) in [6.45, 7) is 21.9. The molecule has 122 valence electrons. The molecule has 0 saturated heterocycles. The summed E-state index contributed by atoms with van der Waals surface area (Å²) in [5.41, 5.74) is 2.97. The molecular formula is C18H18K2N4Y2-4. The number of aromatic nitrogens is 4. The van der Waals surface area contributed by atoms with Crippen molar-refractivity contribution < 1.29 is 168 Å². The van der Waals surface area contributed by atoms with Crippen LogP contribution in [0.15, 0.2) is 0 Å². The third kappa shape index (κ3) is 13.2. The van der Waals surface area contributed by atoms with Crippen LogP contribution < -0.4 is 103 Å². The first-order valence-electron chi connectivity index (χ1n) is 6.86. The van der Waals surface area contributed by atoms with Crippen LogP contribution in [-0.4, -0.2) is 19.9 Å². The van der Waals surface area contributed by atoms with Gasteiger partial charge in [-0.25, -0.2) is 0 Å². The van der Waals surface area contributed by atoms with Crippen molar-refractivity contribution in [2.24, 2.45) is 0 Å². The van der Waals surface area contributed by atoms with Gasteiger partial charge in [0.1, 0.15) is 0 Å². The van der Waals surface area contributed by atoms with Crippen molar-refractivity contribution in [2.45, 2.75) is 26.7 Å². The molecule has 2 radical (unpaired) electrons. The van der Waals surface area contributed by atoms with Gasteiger partial charge in [-0.1, -0.05) is 20.3 Å². The number of hydrogen-bond acceptors (Lipinski definition) is 4. The molecule has 0 unspecified atom stereocenters. The molecule has 0 saturated carbocycles. The molecule has 2 heterocycles. The van der Waals surface area contributed by atoms with Gasteiger partial charge < -0.3 is 52.2 Å². The molecular weight excluding hydrogens is 528 g/mol. The Labute approximate surface area is 293 Å². The molecule has 0 atom stereocenters. The zero-order chi connectivity index (χ0) is 16.5. The third-order valence-electron chi connectivity index (χ3n) is 2.75. The topological polar surface area (TPSA) is 51.6 Å². The number of hydrogen-bond donors (Lipinski definition) is 0. The van der Waals surface area contributed by atoms with Gasteiger partial charge >= 0.3 is 103 Å². The number of nitrogens with zero attached hydrogens (tertiary/aromatic N) is 4. The van der Waals surface area contributed by atoms with Crippen molar-refractivity contribution in [3.63, 3.8) is 0 Å². The van der Waals surface area contributed by atoms with E-state index in [2.05, 4.69) is 46.2 Å². The molecule has 0 spiro atoms. The second-order valence-electron chi connectivity index (χ2n) is 4.26. The molecule has 0 aromatic carbocycles. The van der Waals surface area contributed by atoms with Crippen LogP contribution in [0.25, 0.3) is 12.2 Å². The van der Waals surface area contributed by atoms with Crippen LogP contribution in [0.4, 0.5) is 0 Å². The first-order valence-corrected chi connectivity index (χ1v) is 6.86. The second-order valence-corrected chi connectivity index (χ2v) is 4.26. The molecule has 0 bridgehead atoms. The fourth-order valence-electron chi connectivity index (χ4n) is 1.56. The van der Waals surface area contributed by atoms with Gasteiger partial charge in [-0.2, -0.15) is 5.69 Å². The Morgan fingerprint density at radius 1 is 0.885 bits per heavy atom. The zero-order valence-electron chi connectivity index (χ0n) is 16.1. The Hall–Kier alpha value is 2.86. The Morgan fingerprint density at radius 2 is 1.42 bits per heavy atom. The second kappa shape index (κ2) is 21.1. The summed E-state index contributed by atoms with van der Waals surface area (Å²) in [6, 6.07) is 0. The Morgan fingerprint density at radius 3 is 1.85 bits per heavy atom. The normalized spacial score (nSPS) is 8.08. The summed E-state index contributed by atoms with van der Waals surface area (Å²) >= 11 is 0. The van der Waals surface area contributed by atoms with Crippen LogP contribution in [-0.2, 0) is 78.3 Å². The van der Waals surface area contributed by atoms with E-state index in [0.717, 1.165) is 29.9 Å². The van der Waals surface area contributed by atoms with E-state index in [9.17, 15) is 0 Å². The summed E-state index contributed by atoms with van der Waals surface area (Å²) in [5.74, 6) is 1.24. The van der Waals surface area contributed by atoms with Crippen LogP contribution >= 0.6 is 0 Å². The standard InChI is InChI=1S/2C9H9N2.2K.2Y/c1-4-8-6-10-7(3)11-9(8)5-2;1-4-8-6-10-9(5-2)11-7(8)3;;;;/h2*1,4H,3,5H2,2H3;;;;/q2*-3;2*+1;;. The fraction of sp³-hybridized carbons (Fsp3) is 0.222. The largest absolute Gasteiger partial charge is 1.00 e. The first-order chi connectivity index (χ1) is 10.5. The summed E-state index contributed by atoms with van der Waals surface area (Å²) in [4.78, 5) is 15.9. The van der Waals surface area contributed by atoms with Crippen LogP contribution in [0, 0.1) is 39.4 Å². The van der Waals surface area contributed by atoms with Crippen LogP contribution in [0.5, 0.6) is 0 Å². The Kier molecular flexibility index (Phi) is 29.4. The van der Waals surface area contributed by atoms with E-state index < -0.39 is 0 Å². The monoisotopic (exact) mass is 546 g/mol. The van der Waals surface area contributed by atoms with Gasteiger partial charge in [0, 0.05) is 71.2 Å². The molecule has 0 N–H and O–H groups in total. The summed E-state index contributed by atoms with van der Waals surface area (Å²) < 4.78 is 0. The predicted molar refractivity (Wildman–Crippen MR) is 86.9 cm³/mol. The molecule has 2 aromatic rings. The van der Waals surface area contributed by atoms with Gasteiger partial charge in [0.25, 0.3) is 0 Å². The maximum absolute atomic E-state index is 5.32. The molecule has 0 fully saturated rings. The molecule has 0 aliphatic rings. The predicted octanol–water partition coefficient (Wildman–Crippen LogP) is -3.06. The minimum absolute atomic E-state index is 0. The average Bonchev–Trinajstić information content (AvgIpc) is 2.55. The SMILES string of the molecule is [CH-]=Cc1[c-]nc(CC)nc1[CH2-].[CH-]=Cc1[c-]nc([CH2-])nc1CC.[K+].[K+].[Y].[Y]. The van der Waals surface area contributed by atoms with E-state index in [-0.39, 0.29) is 168 Å². The maximum atomic E-state index is 5.32. The third-order valence-corrected chi connectivity index (χ3v) is 2.75. The molecule has 2 rings (SSSR count). The molecule has 0 aliphatic heterocycles. The van der Waals surface area contributed by atoms with Gasteiger partial charge in [0.05, 0.1) is 0 Å². The van der Waals surface area contributed by atoms with Gasteiger partial charge in [-0.15, -0.1) is 23.9 Å². The van der Waals surface area contributed by atoms with E-state index in [1.165, 1.54) is 12.2 Å². The van der Waals surface area contributed by atoms with Gasteiger partial charge in [-0.05, 0) is 6.42 Å². The fourth-order valence-corrected chi connectivity index (χ4v) is 1.56. The Bertz CT molecular complexity index is 668. The minimum Gasteiger partial charge on any atom is -0.390 e. The van der Waals surface area contributed by atoms with E-state index in [1.54, 1.807) is 0 Å². The van der Waals surface area contributed by atoms with Crippen molar-refractivity contribution in [3.05, 3.63) is 73.6 Å². The molecule has 4 nitrogen and oxygen atoms in total. The van der Waals surface area contributed by atoms with Gasteiger partial charge in [-0.3, -0.25) is 18.1 Å². The summed E-state index contributed by atoms with van der Waals surface area (Å²) in [5, 5.41) is 0. The Balaban J connectivity index is -0.000000161. The van der Waals surface area contributed by atoms with Crippen molar-refractivity contribution in [1.29, 1.82) is 0 Å². The maximum Gasteiger partial charge on any atom is 1.00 e. The number of rotatable bonds is 4. The smallest absolute Gasteiger partial charge is 0.390 e. The van der Waals surface area contributed by atoms with Crippen molar-refractivity contribution >= 4 is 12.2 Å². The van der Waals surface area contributed by atoms with E-state index in [1.807, 2.05) is 13.8 Å². The minimum atomic E-state index is 0. The van der Waals surface area contributed by atoms with Gasteiger partial charge in [0.2, 0.25) is 0 Å². The summed E-state index contributed by atoms with van der Waals surface area (Å²) in [6.07, 6.45) is 9.98. The average molecular weight is 546 g/mol. The van der Waals surface area contributed by atoms with Crippen molar-refractivity contribution in [1.82, 2.24) is 19.9 Å². The number of aryl methyl sites for hydroxylation is 2. The van der Waals surface area contributed by atoms with E-state index in [0.29, 0.717) is 17.1 Å². The molecule has 2 aromatic heterocycles. The van der Waals surface area contributed by atoms with Crippen LogP contribution in [0.1, 0.15) is 48.0 Å². The molecule has 0 amide bonds. The van der Waals surface area contributed by atoms with Crippen molar-refractivity contribution in [3.8, 4) is 0 Å². The van der Waals surface area contributed by atoms with Crippen LogP contribution in [0.3, 0.4) is 0 Å². The first kappa shape index (κ1) is 36.2. The van der Waals surface area contributed by atoms with Crippen molar-refractivity contribution in [2.75, 3.05) is 0 Å². The van der Waals surface area contributed by atoms with Gasteiger partial charge in [0.15, 0.2) is 0 Å². The molecule has 0 aliphatic carbocycles. The van der Waals surface area contributed by atoms with Crippen LogP contribution in [0.2, 0.25) is 0 Å². The van der Waals surface area contributed by atoms with E-state index >= 15 is 0 Å². The molecule has 8 heteroatoms. The zero-order valence-corrected chi connectivity index (χ0v) is 28.0. The summed E-state index contributed by atoms with van der Waals surface area (Å²) in [7, 11) is 0. The molecule has 26 heavy (non-hydrogen) atoms.